The topological polar surface area (TPSA) is 96.9 Å². The Bertz CT molecular complexity index is 930. The molecule has 0 spiro atoms. The predicted octanol–water partition coefficient (Wildman–Crippen LogP) is 4.59. The number of rotatable bonds is 6. The first-order chi connectivity index (χ1) is 15.1. The number of nitriles is 1. The lowest BCUT2D eigenvalue weighted by Gasteiger charge is -2.30. The maximum atomic E-state index is 9.67. The molecule has 2 fully saturated rings. The molecule has 1 aliphatic heterocycles. The first-order valence-electron chi connectivity index (χ1n) is 11.2. The average Bonchev–Trinajstić information content (AvgIpc) is 2.81. The highest BCUT2D eigenvalue weighted by Gasteiger charge is 2.32. The number of hydrogen-bond acceptors (Lipinski definition) is 6. The quantitative estimate of drug-likeness (QED) is 0.683. The lowest BCUT2D eigenvalue weighted by molar-refractivity contribution is 0.0455. The maximum Gasteiger partial charge on any atom is 0.126 e. The number of aromatic nitrogens is 2. The van der Waals surface area contributed by atoms with Crippen molar-refractivity contribution in [2.45, 2.75) is 51.0 Å². The van der Waals surface area contributed by atoms with Gasteiger partial charge >= 0.3 is 0 Å². The van der Waals surface area contributed by atoms with Crippen LogP contribution in [0.2, 0.25) is 5.02 Å². The van der Waals surface area contributed by atoms with Gasteiger partial charge in [-0.05, 0) is 69.1 Å². The normalized spacial score (nSPS) is 23.1. The van der Waals surface area contributed by atoms with E-state index < -0.39 is 5.41 Å². The Morgan fingerprint density at radius 2 is 2.00 bits per heavy atom. The summed E-state index contributed by atoms with van der Waals surface area (Å²) in [4.78, 5) is 9.33. The first-order valence-corrected chi connectivity index (χ1v) is 11.5. The van der Waals surface area contributed by atoms with Crippen LogP contribution in [0.4, 0.5) is 5.82 Å². The molecule has 3 heterocycles. The minimum atomic E-state index is -0.403. The summed E-state index contributed by atoms with van der Waals surface area (Å²) >= 11 is 6.49. The third kappa shape index (κ3) is 5.54. The van der Waals surface area contributed by atoms with Gasteiger partial charge in [-0.2, -0.15) is 5.26 Å². The average molecular weight is 440 g/mol. The van der Waals surface area contributed by atoms with E-state index >= 15 is 0 Å². The fourth-order valence-corrected chi connectivity index (χ4v) is 4.71. The summed E-state index contributed by atoms with van der Waals surface area (Å²) in [6.07, 6.45) is 8.65. The van der Waals surface area contributed by atoms with Crippen LogP contribution in [0.1, 0.15) is 44.2 Å². The van der Waals surface area contributed by atoms with Crippen molar-refractivity contribution in [3.05, 3.63) is 41.2 Å². The monoisotopic (exact) mass is 439 g/mol. The highest BCUT2D eigenvalue weighted by Crippen LogP contribution is 2.32. The summed E-state index contributed by atoms with van der Waals surface area (Å²) in [6, 6.07) is 10.8. The Morgan fingerprint density at radius 3 is 2.74 bits per heavy atom. The third-order valence-corrected chi connectivity index (χ3v) is 6.92. The Morgan fingerprint density at radius 1 is 1.23 bits per heavy atom. The fraction of sp³-hybridized carbons (Fsp3) is 0.542. The molecule has 0 bridgehead atoms. The first kappa shape index (κ1) is 22.0. The van der Waals surface area contributed by atoms with Gasteiger partial charge in [0.1, 0.15) is 5.82 Å². The van der Waals surface area contributed by atoms with Crippen LogP contribution < -0.4 is 11.1 Å². The molecular formula is C24H30ClN5O. The molecule has 1 saturated carbocycles. The van der Waals surface area contributed by atoms with Gasteiger partial charge in [0.15, 0.2) is 0 Å². The minimum Gasteiger partial charge on any atom is -0.381 e. The van der Waals surface area contributed by atoms with Crippen molar-refractivity contribution in [2.75, 3.05) is 25.1 Å². The van der Waals surface area contributed by atoms with E-state index in [-0.39, 0.29) is 0 Å². The van der Waals surface area contributed by atoms with Gasteiger partial charge in [-0.3, -0.25) is 4.98 Å². The van der Waals surface area contributed by atoms with Crippen LogP contribution in [0.5, 0.6) is 0 Å². The van der Waals surface area contributed by atoms with Crippen molar-refractivity contribution >= 4 is 17.4 Å². The molecule has 1 aliphatic carbocycles. The molecule has 2 aromatic rings. The molecule has 31 heavy (non-hydrogen) atoms. The summed E-state index contributed by atoms with van der Waals surface area (Å²) in [5.74, 6) is 1.37. The van der Waals surface area contributed by atoms with E-state index in [0.717, 1.165) is 67.7 Å². The van der Waals surface area contributed by atoms with Crippen LogP contribution in [0, 0.1) is 22.7 Å². The number of halogens is 1. The van der Waals surface area contributed by atoms with E-state index in [2.05, 4.69) is 22.4 Å². The highest BCUT2D eigenvalue weighted by atomic mass is 35.5. The van der Waals surface area contributed by atoms with E-state index in [4.69, 9.17) is 27.1 Å². The number of nitrogens with one attached hydrogen (secondary N) is 1. The van der Waals surface area contributed by atoms with Crippen LogP contribution in [0.25, 0.3) is 11.3 Å². The SMILES string of the molecule is N#CC1(CNc2cccc(-c3cc(CC4CCC(N)CC4)ncc3Cl)n2)CCOCC1. The summed E-state index contributed by atoms with van der Waals surface area (Å²) in [5.41, 5.74) is 8.39. The number of anilines is 1. The number of ether oxygens (including phenoxy) is 1. The van der Waals surface area contributed by atoms with Crippen molar-refractivity contribution in [3.63, 3.8) is 0 Å². The van der Waals surface area contributed by atoms with Crippen LogP contribution >= 0.6 is 11.6 Å². The van der Waals surface area contributed by atoms with E-state index in [1.807, 2.05) is 18.2 Å². The van der Waals surface area contributed by atoms with Crippen LogP contribution in [-0.2, 0) is 11.2 Å². The summed E-state index contributed by atoms with van der Waals surface area (Å²) in [6.45, 7) is 1.82. The van der Waals surface area contributed by atoms with E-state index in [1.54, 1.807) is 6.20 Å². The Hall–Kier alpha value is -2.20. The Balaban J connectivity index is 1.47. The summed E-state index contributed by atoms with van der Waals surface area (Å²) in [7, 11) is 0. The molecule has 2 aliphatic rings. The predicted molar refractivity (Wildman–Crippen MR) is 123 cm³/mol. The van der Waals surface area contributed by atoms with Crippen LogP contribution in [-0.4, -0.2) is 35.8 Å². The van der Waals surface area contributed by atoms with E-state index in [0.29, 0.717) is 36.7 Å². The van der Waals surface area contributed by atoms with Gasteiger partial charge in [0, 0.05) is 43.3 Å². The smallest absolute Gasteiger partial charge is 0.126 e. The van der Waals surface area contributed by atoms with Crippen molar-refractivity contribution in [3.8, 4) is 17.3 Å². The Labute approximate surface area is 189 Å². The van der Waals surface area contributed by atoms with Gasteiger partial charge in [-0.15, -0.1) is 0 Å². The third-order valence-electron chi connectivity index (χ3n) is 6.62. The van der Waals surface area contributed by atoms with Crippen LogP contribution in [0.3, 0.4) is 0 Å². The second kappa shape index (κ2) is 9.95. The molecule has 0 amide bonds. The van der Waals surface area contributed by atoms with Gasteiger partial charge in [0.05, 0.1) is 22.2 Å². The minimum absolute atomic E-state index is 0.353. The van der Waals surface area contributed by atoms with Crippen molar-refractivity contribution in [1.29, 1.82) is 5.26 Å². The molecule has 0 radical (unpaired) electrons. The standard InChI is InChI=1S/C24H30ClN5O/c25-21-14-28-19(12-17-4-6-18(27)7-5-17)13-20(21)22-2-1-3-23(30-22)29-16-24(15-26)8-10-31-11-9-24/h1-3,13-14,17-18H,4-12,16,27H2,(H,29,30). The molecule has 0 atom stereocenters. The molecule has 7 heteroatoms. The van der Waals surface area contributed by atoms with E-state index in [1.165, 1.54) is 0 Å². The van der Waals surface area contributed by atoms with Gasteiger partial charge in [0.25, 0.3) is 0 Å². The van der Waals surface area contributed by atoms with Gasteiger partial charge in [0.2, 0.25) is 0 Å². The molecule has 0 unspecified atom stereocenters. The van der Waals surface area contributed by atoms with Crippen molar-refractivity contribution in [1.82, 2.24) is 9.97 Å². The zero-order valence-electron chi connectivity index (χ0n) is 17.8. The van der Waals surface area contributed by atoms with E-state index in [9.17, 15) is 5.26 Å². The number of nitrogens with two attached hydrogens (primary N) is 1. The number of pyridine rings is 2. The molecule has 1 saturated heterocycles. The van der Waals surface area contributed by atoms with Crippen LogP contribution in [0.15, 0.2) is 30.5 Å². The molecule has 0 aromatic carbocycles. The highest BCUT2D eigenvalue weighted by molar-refractivity contribution is 6.33. The largest absolute Gasteiger partial charge is 0.381 e. The molecule has 6 nitrogen and oxygen atoms in total. The fourth-order valence-electron chi connectivity index (χ4n) is 4.51. The van der Waals surface area contributed by atoms with Crippen molar-refractivity contribution < 1.29 is 4.74 Å². The zero-order chi connectivity index (χ0) is 21.7. The lowest BCUT2D eigenvalue weighted by Crippen LogP contribution is -2.34. The lowest BCUT2D eigenvalue weighted by atomic mass is 9.82. The maximum absolute atomic E-state index is 9.67. The number of nitrogens with zero attached hydrogens (tertiary/aromatic N) is 3. The summed E-state index contributed by atoms with van der Waals surface area (Å²) in [5, 5.41) is 13.6. The molecule has 4 rings (SSSR count). The molecule has 164 valence electrons. The van der Waals surface area contributed by atoms with Crippen molar-refractivity contribution in [2.24, 2.45) is 17.1 Å². The summed E-state index contributed by atoms with van der Waals surface area (Å²) < 4.78 is 5.42. The second-order valence-electron chi connectivity index (χ2n) is 8.91. The molecule has 3 N–H and O–H groups in total. The molecular weight excluding hydrogens is 410 g/mol. The van der Waals surface area contributed by atoms with Gasteiger partial charge in [-0.25, -0.2) is 4.98 Å². The molecule has 2 aromatic heterocycles. The second-order valence-corrected chi connectivity index (χ2v) is 9.31. The van der Waals surface area contributed by atoms with Gasteiger partial charge in [-0.1, -0.05) is 17.7 Å². The Kier molecular flexibility index (Phi) is 7.06. The number of hydrogen-bond donors (Lipinski definition) is 2. The van der Waals surface area contributed by atoms with Gasteiger partial charge < -0.3 is 15.8 Å². The zero-order valence-corrected chi connectivity index (χ0v) is 18.6.